The zero-order valence-corrected chi connectivity index (χ0v) is 22.9. The van der Waals surface area contributed by atoms with Crippen molar-refractivity contribution < 1.29 is 29.0 Å². The van der Waals surface area contributed by atoms with Crippen molar-refractivity contribution >= 4 is 23.6 Å². The van der Waals surface area contributed by atoms with Crippen LogP contribution in [0.2, 0.25) is 0 Å². The predicted octanol–water partition coefficient (Wildman–Crippen LogP) is 4.79. The number of para-hydroxylation sites is 1. The van der Waals surface area contributed by atoms with Crippen molar-refractivity contribution in [1.29, 1.82) is 0 Å². The van der Waals surface area contributed by atoms with Gasteiger partial charge in [-0.1, -0.05) is 32.0 Å². The molecule has 0 aliphatic rings. The number of likely N-dealkylation sites (N-methyl/N-ethyl adjacent to an activating group) is 1. The number of amides is 3. The number of phenols is 1. The fourth-order valence-corrected chi connectivity index (χ4v) is 3.83. The summed E-state index contributed by atoms with van der Waals surface area (Å²) in [7, 11) is 3.02. The maximum atomic E-state index is 13.7. The summed E-state index contributed by atoms with van der Waals surface area (Å²) in [5.41, 5.74) is 0.582. The molecule has 2 unspecified atom stereocenters. The first kappa shape index (κ1) is 29.5. The summed E-state index contributed by atoms with van der Waals surface area (Å²) in [5, 5.41) is 16.3. The molecule has 202 valence electrons. The normalized spacial score (nSPS) is 12.9. The summed E-state index contributed by atoms with van der Waals surface area (Å²) in [6.07, 6.45) is -0.396. The van der Waals surface area contributed by atoms with Crippen molar-refractivity contribution in [3.63, 3.8) is 0 Å². The first-order valence-corrected chi connectivity index (χ1v) is 12.2. The summed E-state index contributed by atoms with van der Waals surface area (Å²) in [6, 6.07) is 9.66. The molecule has 2 aromatic carbocycles. The maximum absolute atomic E-state index is 13.7. The molecule has 0 aliphatic heterocycles. The van der Waals surface area contributed by atoms with Crippen LogP contribution in [-0.4, -0.2) is 53.7 Å². The van der Waals surface area contributed by atoms with Crippen molar-refractivity contribution in [3.8, 4) is 11.5 Å². The van der Waals surface area contributed by atoms with Gasteiger partial charge in [-0.2, -0.15) is 0 Å². The zero-order chi connectivity index (χ0) is 27.9. The monoisotopic (exact) mass is 513 g/mol. The first-order valence-electron chi connectivity index (χ1n) is 12.2. The molecule has 0 fully saturated rings. The van der Waals surface area contributed by atoms with E-state index in [4.69, 9.17) is 9.47 Å². The molecule has 9 heteroatoms. The quantitative estimate of drug-likeness (QED) is 0.444. The molecule has 3 amide bonds. The molecule has 0 aliphatic carbocycles. The maximum Gasteiger partial charge on any atom is 0.408 e. The summed E-state index contributed by atoms with van der Waals surface area (Å²) in [5.74, 6) is -0.408. The Morgan fingerprint density at radius 3 is 2.22 bits per heavy atom. The van der Waals surface area contributed by atoms with Crippen LogP contribution in [0.25, 0.3) is 0 Å². The molecule has 2 atom stereocenters. The average molecular weight is 514 g/mol. The number of ether oxygens (including phenoxy) is 2. The Labute approximate surface area is 219 Å². The van der Waals surface area contributed by atoms with Crippen molar-refractivity contribution in [3.05, 3.63) is 53.6 Å². The third kappa shape index (κ3) is 8.41. The molecule has 2 aromatic rings. The highest BCUT2D eigenvalue weighted by atomic mass is 16.6. The number of aryl methyl sites for hydroxylation is 1. The highest BCUT2D eigenvalue weighted by molar-refractivity contribution is 5.99. The van der Waals surface area contributed by atoms with Crippen LogP contribution in [0.3, 0.4) is 0 Å². The standard InChI is InChI=1S/C28H39N3O6/c1-17(2)16-22(30-27(35)37-28(4,5)6)26(34)31(7)23(21-11-9-10-18(3)24(21)32)25(33)29-19-12-14-20(36-8)15-13-19/h9-15,17,22-23,32H,16H2,1-8H3,(H,29,33)(H,30,35). The summed E-state index contributed by atoms with van der Waals surface area (Å²) < 4.78 is 10.5. The lowest BCUT2D eigenvalue weighted by Crippen LogP contribution is -2.51. The van der Waals surface area contributed by atoms with Gasteiger partial charge in [-0.05, 0) is 69.9 Å². The number of carbonyl (C=O) groups excluding carboxylic acids is 3. The molecule has 0 spiro atoms. The highest BCUT2D eigenvalue weighted by Gasteiger charge is 2.36. The fourth-order valence-electron chi connectivity index (χ4n) is 3.83. The number of anilines is 1. The van der Waals surface area contributed by atoms with E-state index in [1.54, 1.807) is 77.3 Å². The van der Waals surface area contributed by atoms with Gasteiger partial charge in [-0.15, -0.1) is 0 Å². The summed E-state index contributed by atoms with van der Waals surface area (Å²) >= 11 is 0. The highest BCUT2D eigenvalue weighted by Crippen LogP contribution is 2.32. The van der Waals surface area contributed by atoms with Gasteiger partial charge in [-0.25, -0.2) is 4.79 Å². The van der Waals surface area contributed by atoms with Gasteiger partial charge >= 0.3 is 6.09 Å². The van der Waals surface area contributed by atoms with Crippen LogP contribution in [0.5, 0.6) is 11.5 Å². The van der Waals surface area contributed by atoms with Gasteiger partial charge in [0, 0.05) is 18.3 Å². The van der Waals surface area contributed by atoms with Crippen LogP contribution in [0, 0.1) is 12.8 Å². The molecule has 37 heavy (non-hydrogen) atoms. The van der Waals surface area contributed by atoms with Gasteiger partial charge in [0.15, 0.2) is 0 Å². The topological polar surface area (TPSA) is 117 Å². The number of alkyl carbamates (subject to hydrolysis) is 1. The Kier molecular flexibility index (Phi) is 9.94. The molecule has 0 radical (unpaired) electrons. The number of carbonyl (C=O) groups is 3. The van der Waals surface area contributed by atoms with Crippen molar-refractivity contribution in [2.45, 2.75) is 65.6 Å². The lowest BCUT2D eigenvalue weighted by Gasteiger charge is -2.32. The van der Waals surface area contributed by atoms with Crippen LogP contribution in [0.4, 0.5) is 10.5 Å². The Bertz CT molecular complexity index is 1090. The number of methoxy groups -OCH3 is 1. The van der Waals surface area contributed by atoms with Gasteiger partial charge < -0.3 is 30.1 Å². The molecule has 0 saturated carbocycles. The first-order chi connectivity index (χ1) is 17.2. The van der Waals surface area contributed by atoms with Gasteiger partial charge in [0.05, 0.1) is 7.11 Å². The number of rotatable bonds is 9. The van der Waals surface area contributed by atoms with E-state index in [1.807, 2.05) is 13.8 Å². The number of benzene rings is 2. The van der Waals surface area contributed by atoms with E-state index >= 15 is 0 Å². The van der Waals surface area contributed by atoms with E-state index in [0.29, 0.717) is 23.4 Å². The summed E-state index contributed by atoms with van der Waals surface area (Å²) in [4.78, 5) is 41.0. The van der Waals surface area contributed by atoms with Crippen molar-refractivity contribution in [2.75, 3.05) is 19.5 Å². The number of nitrogens with one attached hydrogen (secondary N) is 2. The second-order valence-electron chi connectivity index (χ2n) is 10.4. The van der Waals surface area contributed by atoms with E-state index < -0.39 is 35.6 Å². The zero-order valence-electron chi connectivity index (χ0n) is 22.9. The molecule has 0 heterocycles. The molecule has 9 nitrogen and oxygen atoms in total. The van der Waals surface area contributed by atoms with E-state index in [2.05, 4.69) is 10.6 Å². The summed E-state index contributed by atoms with van der Waals surface area (Å²) in [6.45, 7) is 10.8. The number of phenolic OH excluding ortho intramolecular Hbond substituents is 1. The third-order valence-electron chi connectivity index (χ3n) is 5.60. The lowest BCUT2D eigenvalue weighted by molar-refractivity contribution is -0.139. The van der Waals surface area contributed by atoms with Gasteiger partial charge in [0.2, 0.25) is 5.91 Å². The predicted molar refractivity (Wildman–Crippen MR) is 143 cm³/mol. The minimum Gasteiger partial charge on any atom is -0.507 e. The molecule has 0 saturated heterocycles. The smallest absolute Gasteiger partial charge is 0.408 e. The van der Waals surface area contributed by atoms with Crippen LogP contribution < -0.4 is 15.4 Å². The number of hydrogen-bond acceptors (Lipinski definition) is 6. The third-order valence-corrected chi connectivity index (χ3v) is 5.60. The lowest BCUT2D eigenvalue weighted by atomic mass is 9.98. The molecule has 2 rings (SSSR count). The average Bonchev–Trinajstić information content (AvgIpc) is 2.80. The second-order valence-corrected chi connectivity index (χ2v) is 10.4. The Morgan fingerprint density at radius 2 is 1.68 bits per heavy atom. The van der Waals surface area contributed by atoms with Gasteiger partial charge in [0.25, 0.3) is 5.91 Å². The number of nitrogens with zero attached hydrogens (tertiary/aromatic N) is 1. The SMILES string of the molecule is COc1ccc(NC(=O)C(c2cccc(C)c2O)N(C)C(=O)C(CC(C)C)NC(=O)OC(C)(C)C)cc1. The van der Waals surface area contributed by atoms with Crippen molar-refractivity contribution in [2.24, 2.45) is 5.92 Å². The molecular weight excluding hydrogens is 474 g/mol. The largest absolute Gasteiger partial charge is 0.507 e. The van der Waals surface area contributed by atoms with Crippen molar-refractivity contribution in [1.82, 2.24) is 10.2 Å². The minimum atomic E-state index is -1.18. The van der Waals surface area contributed by atoms with E-state index in [1.165, 1.54) is 11.9 Å². The fraction of sp³-hybridized carbons (Fsp3) is 0.464. The Morgan fingerprint density at radius 1 is 1.05 bits per heavy atom. The molecular formula is C28H39N3O6. The van der Waals surface area contributed by atoms with Crippen LogP contribution in [0.15, 0.2) is 42.5 Å². The van der Waals surface area contributed by atoms with Crippen LogP contribution in [0.1, 0.15) is 58.2 Å². The number of aromatic hydroxyl groups is 1. The molecule has 3 N–H and O–H groups in total. The molecule has 0 aromatic heterocycles. The van der Waals surface area contributed by atoms with E-state index in [0.717, 1.165) is 0 Å². The van der Waals surface area contributed by atoms with E-state index in [9.17, 15) is 19.5 Å². The van der Waals surface area contributed by atoms with Crippen LogP contribution >= 0.6 is 0 Å². The Hall–Kier alpha value is -3.75. The van der Waals surface area contributed by atoms with Crippen LogP contribution in [-0.2, 0) is 14.3 Å². The van der Waals surface area contributed by atoms with Gasteiger partial charge in [0.1, 0.15) is 29.2 Å². The second kappa shape index (κ2) is 12.5. The Balaban J connectivity index is 2.43. The molecule has 0 bridgehead atoms. The number of hydrogen-bond donors (Lipinski definition) is 3. The van der Waals surface area contributed by atoms with E-state index in [-0.39, 0.29) is 17.2 Å². The van der Waals surface area contributed by atoms with Gasteiger partial charge in [-0.3, -0.25) is 9.59 Å². The minimum absolute atomic E-state index is 0.0660.